The van der Waals surface area contributed by atoms with E-state index in [0.717, 1.165) is 23.6 Å². The van der Waals surface area contributed by atoms with Gasteiger partial charge in [0.05, 0.1) is 19.1 Å². The molecule has 1 fully saturated rings. The highest BCUT2D eigenvalue weighted by Gasteiger charge is 2.37. The fourth-order valence-corrected chi connectivity index (χ4v) is 5.46. The predicted octanol–water partition coefficient (Wildman–Crippen LogP) is 3.51. The van der Waals surface area contributed by atoms with Gasteiger partial charge in [-0.3, -0.25) is 19.3 Å². The fourth-order valence-electron chi connectivity index (χ4n) is 4.25. The molecule has 2 unspecified atom stereocenters. The lowest BCUT2D eigenvalue weighted by molar-refractivity contribution is -0.146. The maximum Gasteiger partial charge on any atom is 0.321 e. The summed E-state index contributed by atoms with van der Waals surface area (Å²) in [6.45, 7) is 2.87. The number of halogens is 1. The van der Waals surface area contributed by atoms with Crippen molar-refractivity contribution in [3.05, 3.63) is 22.8 Å². The highest BCUT2D eigenvalue weighted by molar-refractivity contribution is 8.74. The smallest absolute Gasteiger partial charge is 0.321 e. The molecule has 2 rings (SSSR count). The van der Waals surface area contributed by atoms with Crippen LogP contribution in [0, 0.1) is 12.8 Å². The number of carboxylic acids is 2. The van der Waals surface area contributed by atoms with E-state index in [9.17, 15) is 28.5 Å². The second kappa shape index (κ2) is 11.8. The van der Waals surface area contributed by atoms with E-state index in [1.807, 2.05) is 0 Å². The van der Waals surface area contributed by atoms with Gasteiger partial charge >= 0.3 is 11.9 Å². The molecule has 0 aliphatic carbocycles. The first-order chi connectivity index (χ1) is 15.1. The number of likely N-dealkylation sites (tertiary alicyclic amines) is 1. The van der Waals surface area contributed by atoms with Crippen molar-refractivity contribution in [2.75, 3.05) is 34.3 Å². The average Bonchev–Trinajstić information content (AvgIpc) is 3.22. The number of carbonyl (C=O) groups is 3. The van der Waals surface area contributed by atoms with Crippen molar-refractivity contribution in [3.63, 3.8) is 0 Å². The van der Waals surface area contributed by atoms with Crippen LogP contribution in [0.5, 0.6) is 5.75 Å². The molecule has 178 valence electrons. The summed E-state index contributed by atoms with van der Waals surface area (Å²) in [6.07, 6.45) is 1.41. The van der Waals surface area contributed by atoms with E-state index in [1.54, 1.807) is 32.0 Å². The number of nitrogens with zero attached hydrogens (tertiary/aromatic N) is 2. The summed E-state index contributed by atoms with van der Waals surface area (Å²) in [6, 6.07) is 0.676. The van der Waals surface area contributed by atoms with Crippen molar-refractivity contribution in [3.8, 4) is 5.75 Å². The molecule has 2 atom stereocenters. The van der Waals surface area contributed by atoms with Gasteiger partial charge in [0.2, 0.25) is 0 Å². The van der Waals surface area contributed by atoms with Crippen LogP contribution in [0.15, 0.2) is 11.0 Å². The van der Waals surface area contributed by atoms with E-state index in [2.05, 4.69) is 0 Å². The summed E-state index contributed by atoms with van der Waals surface area (Å²) >= 11 is 0.0355. The zero-order valence-corrected chi connectivity index (χ0v) is 20.2. The maximum atomic E-state index is 13.1. The van der Waals surface area contributed by atoms with E-state index in [-0.39, 0.29) is 41.2 Å². The minimum atomic E-state index is -1.11. The number of aliphatic carboxylic acids is 2. The van der Waals surface area contributed by atoms with Crippen LogP contribution in [0.3, 0.4) is 0 Å². The first kappa shape index (κ1) is 26.3. The van der Waals surface area contributed by atoms with Crippen LogP contribution < -0.4 is 4.74 Å². The topological polar surface area (TPSA) is 107 Å². The summed E-state index contributed by atoms with van der Waals surface area (Å²) in [7, 11) is 5.42. The van der Waals surface area contributed by atoms with E-state index in [4.69, 9.17) is 4.74 Å². The van der Waals surface area contributed by atoms with Gasteiger partial charge in [-0.25, -0.2) is 0 Å². The van der Waals surface area contributed by atoms with E-state index < -0.39 is 23.9 Å². The van der Waals surface area contributed by atoms with Gasteiger partial charge in [0.1, 0.15) is 23.0 Å². The molecule has 0 bridgehead atoms. The lowest BCUT2D eigenvalue weighted by atomic mass is 9.86. The minimum Gasteiger partial charge on any atom is -0.496 e. The molecule has 11 heteroatoms. The Morgan fingerprint density at radius 2 is 1.88 bits per heavy atom. The zero-order chi connectivity index (χ0) is 24.0. The van der Waals surface area contributed by atoms with E-state index in [0.29, 0.717) is 29.1 Å². The molecule has 1 saturated heterocycles. The third-order valence-electron chi connectivity index (χ3n) is 5.67. The molecule has 1 heterocycles. The van der Waals surface area contributed by atoms with Crippen molar-refractivity contribution < 1.29 is 33.2 Å². The predicted molar refractivity (Wildman–Crippen MR) is 122 cm³/mol. The van der Waals surface area contributed by atoms with Gasteiger partial charge in [-0.2, -0.15) is 3.89 Å². The average molecular weight is 489 g/mol. The quantitative estimate of drug-likeness (QED) is 0.452. The van der Waals surface area contributed by atoms with E-state index in [1.165, 1.54) is 12.0 Å². The Kier molecular flexibility index (Phi) is 9.65. The number of hydrogen-bond donors (Lipinski definition) is 2. The van der Waals surface area contributed by atoms with Gasteiger partial charge in [0, 0.05) is 19.0 Å². The van der Waals surface area contributed by atoms with Gasteiger partial charge in [-0.1, -0.05) is 0 Å². The van der Waals surface area contributed by atoms with Crippen LogP contribution >= 0.6 is 22.0 Å². The molecule has 1 aromatic carbocycles. The van der Waals surface area contributed by atoms with Gasteiger partial charge in [-0.05, 0) is 73.2 Å². The largest absolute Gasteiger partial charge is 0.496 e. The summed E-state index contributed by atoms with van der Waals surface area (Å²) < 4.78 is 18.7. The molecule has 0 radical (unpaired) electrons. The number of carboxylic acid groups (broad SMARTS) is 2. The van der Waals surface area contributed by atoms with Crippen molar-refractivity contribution in [1.29, 1.82) is 0 Å². The first-order valence-electron chi connectivity index (χ1n) is 10.2. The number of carbonyl (C=O) groups excluding carboxylic acids is 1. The van der Waals surface area contributed by atoms with Gasteiger partial charge in [-0.15, -0.1) is 0 Å². The normalized spacial score (nSPS) is 15.9. The second-order valence-electron chi connectivity index (χ2n) is 8.00. The molecule has 0 aromatic heterocycles. The number of amides is 1. The summed E-state index contributed by atoms with van der Waals surface area (Å²) in [5.41, 5.74) is 1.29. The highest BCUT2D eigenvalue weighted by Crippen LogP contribution is 2.41. The molecule has 0 spiro atoms. The molecular formula is C21H29FN2O6S2. The van der Waals surface area contributed by atoms with Gasteiger partial charge in [0.25, 0.3) is 5.91 Å². The van der Waals surface area contributed by atoms with Gasteiger partial charge < -0.3 is 19.8 Å². The standard InChI is InChI=1S/C21H29FN2O6S2/c1-12-15(31-32-22)10-14(19(30-4)17(12)20(27)23(2)3)9-13(11-16(25)26)18(21(28)29)24-7-5-6-8-24/h10,13,18H,5-9,11H2,1-4H3,(H,25,26)(H,28,29). The molecule has 0 saturated carbocycles. The molecule has 1 aliphatic rings. The zero-order valence-electron chi connectivity index (χ0n) is 18.6. The summed E-state index contributed by atoms with van der Waals surface area (Å²) in [5, 5.41) is 19.4. The highest BCUT2D eigenvalue weighted by atomic mass is 33.1. The Bertz CT molecular complexity index is 861. The van der Waals surface area contributed by atoms with Crippen molar-refractivity contribution in [2.24, 2.45) is 5.92 Å². The van der Waals surface area contributed by atoms with Crippen LogP contribution in [-0.2, 0) is 16.0 Å². The number of ether oxygens (including phenoxy) is 1. The fraction of sp³-hybridized carbons (Fsp3) is 0.571. The Labute approximate surface area is 195 Å². The van der Waals surface area contributed by atoms with Crippen LogP contribution in [0.2, 0.25) is 0 Å². The number of methoxy groups -OCH3 is 1. The van der Waals surface area contributed by atoms with Crippen LogP contribution in [0.25, 0.3) is 0 Å². The molecule has 1 amide bonds. The lowest BCUT2D eigenvalue weighted by Crippen LogP contribution is -2.46. The lowest BCUT2D eigenvalue weighted by Gasteiger charge is -2.31. The second-order valence-corrected chi connectivity index (χ2v) is 9.61. The number of hydrogen-bond acceptors (Lipinski definition) is 7. The Hall–Kier alpha value is -1.98. The SMILES string of the molecule is COc1c(CC(CC(=O)O)C(C(=O)O)N2CCCC2)cc(SSF)c(C)c1C(=O)N(C)C. The molecular weight excluding hydrogens is 459 g/mol. The van der Waals surface area contributed by atoms with Crippen molar-refractivity contribution in [1.82, 2.24) is 9.80 Å². The molecule has 32 heavy (non-hydrogen) atoms. The third-order valence-corrected chi connectivity index (χ3v) is 7.06. The van der Waals surface area contributed by atoms with Crippen LogP contribution in [-0.4, -0.2) is 78.2 Å². The van der Waals surface area contributed by atoms with Crippen LogP contribution in [0.1, 0.15) is 40.7 Å². The molecule has 1 aromatic rings. The minimum absolute atomic E-state index is 0.0355. The summed E-state index contributed by atoms with van der Waals surface area (Å²) in [5.74, 6) is -3.03. The molecule has 8 nitrogen and oxygen atoms in total. The van der Waals surface area contributed by atoms with Crippen molar-refractivity contribution >= 4 is 39.8 Å². The monoisotopic (exact) mass is 488 g/mol. The third kappa shape index (κ3) is 6.08. The van der Waals surface area contributed by atoms with Crippen LogP contribution in [0.4, 0.5) is 3.89 Å². The maximum absolute atomic E-state index is 13.1. The molecule has 1 aliphatic heterocycles. The Morgan fingerprint density at radius 3 is 2.34 bits per heavy atom. The first-order valence-corrected chi connectivity index (χ1v) is 12.2. The number of benzene rings is 1. The van der Waals surface area contributed by atoms with Gasteiger partial charge in [0.15, 0.2) is 0 Å². The summed E-state index contributed by atoms with van der Waals surface area (Å²) in [4.78, 5) is 40.4. The Morgan fingerprint density at radius 1 is 1.25 bits per heavy atom. The number of rotatable bonds is 11. The van der Waals surface area contributed by atoms with Crippen molar-refractivity contribution in [2.45, 2.75) is 43.5 Å². The molecule has 2 N–H and O–H groups in total. The Balaban J connectivity index is 2.61. The van der Waals surface area contributed by atoms with E-state index >= 15 is 0 Å².